The Hall–Kier alpha value is -1.09. The summed E-state index contributed by atoms with van der Waals surface area (Å²) in [6.45, 7) is 0. The average molecular weight is 242 g/mol. The van der Waals surface area contributed by atoms with E-state index in [1.54, 1.807) is 24.1 Å². The van der Waals surface area contributed by atoms with Crippen molar-refractivity contribution in [2.24, 2.45) is 0 Å². The van der Waals surface area contributed by atoms with Gasteiger partial charge in [0.25, 0.3) is 0 Å². The van der Waals surface area contributed by atoms with Crippen LogP contribution < -0.4 is 0 Å². The SMILES string of the molecule is CN1C(=O)[C@H](Cl)CC[C@@H]1c1ccc(F)cc1. The Morgan fingerprint density at radius 3 is 2.56 bits per heavy atom. The van der Waals surface area contributed by atoms with Crippen LogP contribution in [0.1, 0.15) is 24.4 Å². The molecule has 16 heavy (non-hydrogen) atoms. The standard InChI is InChI=1S/C12H13ClFNO/c1-15-11(7-6-10(13)12(15)16)8-2-4-9(14)5-3-8/h2-5,10-11H,6-7H2,1H3/t10-,11-/m1/s1. The Morgan fingerprint density at radius 2 is 1.94 bits per heavy atom. The molecule has 0 bridgehead atoms. The van der Waals surface area contributed by atoms with E-state index < -0.39 is 5.38 Å². The number of hydrogen-bond acceptors (Lipinski definition) is 1. The number of halogens is 2. The van der Waals surface area contributed by atoms with Crippen molar-refractivity contribution in [3.63, 3.8) is 0 Å². The Labute approximate surface area is 99.0 Å². The zero-order valence-corrected chi connectivity index (χ0v) is 9.75. The molecule has 2 atom stereocenters. The maximum Gasteiger partial charge on any atom is 0.240 e. The lowest BCUT2D eigenvalue weighted by molar-refractivity contribution is -0.134. The zero-order valence-electron chi connectivity index (χ0n) is 8.99. The van der Waals surface area contributed by atoms with E-state index in [9.17, 15) is 9.18 Å². The molecule has 2 nitrogen and oxygen atoms in total. The Morgan fingerprint density at radius 1 is 1.31 bits per heavy atom. The molecule has 0 N–H and O–H groups in total. The number of alkyl halides is 1. The monoisotopic (exact) mass is 241 g/mol. The summed E-state index contributed by atoms with van der Waals surface area (Å²) in [6, 6.07) is 6.29. The van der Waals surface area contributed by atoms with Crippen LogP contribution in [0.2, 0.25) is 0 Å². The second-order valence-electron chi connectivity index (χ2n) is 4.06. The van der Waals surface area contributed by atoms with Gasteiger partial charge in [-0.15, -0.1) is 11.6 Å². The van der Waals surface area contributed by atoms with Crippen molar-refractivity contribution in [2.45, 2.75) is 24.3 Å². The van der Waals surface area contributed by atoms with Crippen LogP contribution in [0.5, 0.6) is 0 Å². The van der Waals surface area contributed by atoms with Gasteiger partial charge in [0.2, 0.25) is 5.91 Å². The van der Waals surface area contributed by atoms with Crippen LogP contribution in [0, 0.1) is 5.82 Å². The molecular weight excluding hydrogens is 229 g/mol. The number of carbonyl (C=O) groups excluding carboxylic acids is 1. The molecule has 1 heterocycles. The number of rotatable bonds is 1. The molecular formula is C12H13ClFNO. The molecule has 1 amide bonds. The molecule has 1 aromatic carbocycles. The first-order chi connectivity index (χ1) is 7.59. The average Bonchev–Trinajstić information content (AvgIpc) is 2.28. The molecule has 1 aromatic rings. The summed E-state index contributed by atoms with van der Waals surface area (Å²) in [5.74, 6) is -0.314. The molecule has 0 unspecified atom stereocenters. The molecule has 2 rings (SSSR count). The summed E-state index contributed by atoms with van der Waals surface area (Å²) in [4.78, 5) is 13.3. The minimum Gasteiger partial charge on any atom is -0.337 e. The highest BCUT2D eigenvalue weighted by atomic mass is 35.5. The molecule has 4 heteroatoms. The molecule has 0 spiro atoms. The van der Waals surface area contributed by atoms with Gasteiger partial charge >= 0.3 is 0 Å². The smallest absolute Gasteiger partial charge is 0.240 e. The number of likely N-dealkylation sites (tertiary alicyclic amines) is 1. The van der Waals surface area contributed by atoms with Gasteiger partial charge in [-0.2, -0.15) is 0 Å². The van der Waals surface area contributed by atoms with Gasteiger partial charge in [0.15, 0.2) is 0 Å². The van der Waals surface area contributed by atoms with Crippen LogP contribution in [0.25, 0.3) is 0 Å². The minimum absolute atomic E-state index is 0.0168. The van der Waals surface area contributed by atoms with Gasteiger partial charge in [-0.25, -0.2) is 4.39 Å². The maximum absolute atomic E-state index is 12.8. The zero-order chi connectivity index (χ0) is 11.7. The molecule has 0 saturated carbocycles. The molecule has 1 aliphatic heterocycles. The van der Waals surface area contributed by atoms with Gasteiger partial charge in [-0.3, -0.25) is 4.79 Å². The van der Waals surface area contributed by atoms with E-state index in [1.165, 1.54) is 12.1 Å². The largest absolute Gasteiger partial charge is 0.337 e. The van der Waals surface area contributed by atoms with E-state index >= 15 is 0 Å². The van der Waals surface area contributed by atoms with Crippen molar-refractivity contribution in [2.75, 3.05) is 7.05 Å². The fraction of sp³-hybridized carbons (Fsp3) is 0.417. The van der Waals surface area contributed by atoms with Gasteiger partial charge < -0.3 is 4.90 Å². The highest BCUT2D eigenvalue weighted by Gasteiger charge is 2.32. The van der Waals surface area contributed by atoms with Crippen LogP contribution in [-0.4, -0.2) is 23.2 Å². The molecule has 86 valence electrons. The van der Waals surface area contributed by atoms with E-state index in [2.05, 4.69) is 0 Å². The van der Waals surface area contributed by atoms with E-state index in [-0.39, 0.29) is 17.8 Å². The van der Waals surface area contributed by atoms with E-state index in [4.69, 9.17) is 11.6 Å². The van der Waals surface area contributed by atoms with Crippen molar-refractivity contribution >= 4 is 17.5 Å². The normalized spacial score (nSPS) is 25.9. The lowest BCUT2D eigenvalue weighted by atomic mass is 9.95. The summed E-state index contributed by atoms with van der Waals surface area (Å²) >= 11 is 5.89. The molecule has 1 aliphatic rings. The maximum atomic E-state index is 12.8. The van der Waals surface area contributed by atoms with Crippen LogP contribution >= 0.6 is 11.6 Å². The van der Waals surface area contributed by atoms with Crippen molar-refractivity contribution in [3.05, 3.63) is 35.6 Å². The summed E-state index contributed by atoms with van der Waals surface area (Å²) in [5, 5.41) is -0.415. The van der Waals surface area contributed by atoms with E-state index in [0.717, 1.165) is 12.0 Å². The number of amides is 1. The fourth-order valence-corrected chi connectivity index (χ4v) is 2.35. The lowest BCUT2D eigenvalue weighted by Crippen LogP contribution is -2.41. The van der Waals surface area contributed by atoms with Crippen molar-refractivity contribution in [1.29, 1.82) is 0 Å². The van der Waals surface area contributed by atoms with E-state index in [0.29, 0.717) is 6.42 Å². The second kappa shape index (κ2) is 4.42. The summed E-state index contributed by atoms with van der Waals surface area (Å²) in [6.07, 6.45) is 1.49. The van der Waals surface area contributed by atoms with Gasteiger partial charge in [0.05, 0.1) is 6.04 Å². The van der Waals surface area contributed by atoms with Gasteiger partial charge in [0, 0.05) is 7.05 Å². The molecule has 0 aliphatic carbocycles. The third kappa shape index (κ3) is 2.05. The quantitative estimate of drug-likeness (QED) is 0.693. The summed E-state index contributed by atoms with van der Waals surface area (Å²) in [5.41, 5.74) is 0.959. The van der Waals surface area contributed by atoms with Crippen molar-refractivity contribution in [1.82, 2.24) is 4.90 Å². The van der Waals surface area contributed by atoms with Crippen molar-refractivity contribution in [3.8, 4) is 0 Å². The van der Waals surface area contributed by atoms with Gasteiger partial charge in [0.1, 0.15) is 11.2 Å². The first-order valence-electron chi connectivity index (χ1n) is 5.26. The molecule has 0 aromatic heterocycles. The number of nitrogens with zero attached hydrogens (tertiary/aromatic N) is 1. The van der Waals surface area contributed by atoms with Crippen LogP contribution in [0.3, 0.4) is 0 Å². The highest BCUT2D eigenvalue weighted by molar-refractivity contribution is 6.30. The summed E-state index contributed by atoms with van der Waals surface area (Å²) in [7, 11) is 1.74. The first-order valence-corrected chi connectivity index (χ1v) is 5.69. The lowest BCUT2D eigenvalue weighted by Gasteiger charge is -2.35. The second-order valence-corrected chi connectivity index (χ2v) is 4.59. The first kappa shape index (κ1) is 11.4. The van der Waals surface area contributed by atoms with E-state index in [1.807, 2.05) is 0 Å². The van der Waals surface area contributed by atoms with Crippen LogP contribution in [-0.2, 0) is 4.79 Å². The number of carbonyl (C=O) groups is 1. The van der Waals surface area contributed by atoms with Crippen LogP contribution in [0.4, 0.5) is 4.39 Å². The Bertz CT molecular complexity index is 393. The van der Waals surface area contributed by atoms with Crippen LogP contribution in [0.15, 0.2) is 24.3 Å². The topological polar surface area (TPSA) is 20.3 Å². The summed E-state index contributed by atoms with van der Waals surface area (Å²) < 4.78 is 12.8. The van der Waals surface area contributed by atoms with Crippen molar-refractivity contribution < 1.29 is 9.18 Å². The number of piperidine rings is 1. The third-order valence-corrected chi connectivity index (χ3v) is 3.44. The van der Waals surface area contributed by atoms with Gasteiger partial charge in [-0.1, -0.05) is 12.1 Å². The fourth-order valence-electron chi connectivity index (χ4n) is 2.07. The number of benzene rings is 1. The highest BCUT2D eigenvalue weighted by Crippen LogP contribution is 2.32. The predicted molar refractivity (Wildman–Crippen MR) is 60.8 cm³/mol. The molecule has 1 fully saturated rings. The Kier molecular flexibility index (Phi) is 3.15. The molecule has 1 saturated heterocycles. The molecule has 0 radical (unpaired) electrons. The minimum atomic E-state index is -0.415. The third-order valence-electron chi connectivity index (χ3n) is 3.03. The Balaban J connectivity index is 2.21. The predicted octanol–water partition coefficient (Wildman–Crippen LogP) is 2.73. The van der Waals surface area contributed by atoms with Gasteiger partial charge in [-0.05, 0) is 30.5 Å². The number of hydrogen-bond donors (Lipinski definition) is 0.